The van der Waals surface area contributed by atoms with Crippen molar-refractivity contribution in [3.05, 3.63) is 90.0 Å². The fourth-order valence-electron chi connectivity index (χ4n) is 3.96. The summed E-state index contributed by atoms with van der Waals surface area (Å²) >= 11 is 0. The first-order valence-electron chi connectivity index (χ1n) is 11.4. The number of ketones is 1. The Morgan fingerprint density at radius 2 is 1.63 bits per heavy atom. The van der Waals surface area contributed by atoms with Gasteiger partial charge in [0.1, 0.15) is 30.5 Å². The van der Waals surface area contributed by atoms with Crippen molar-refractivity contribution in [3.8, 4) is 11.5 Å². The lowest BCUT2D eigenvalue weighted by Crippen LogP contribution is -2.35. The third kappa shape index (κ3) is 5.81. The molecule has 35 heavy (non-hydrogen) atoms. The van der Waals surface area contributed by atoms with Gasteiger partial charge in [-0.3, -0.25) is 9.59 Å². The molecule has 1 atom stereocenters. The topological polar surface area (TPSA) is 79.3 Å². The second-order valence-corrected chi connectivity index (χ2v) is 8.54. The van der Waals surface area contributed by atoms with Crippen LogP contribution in [0.2, 0.25) is 0 Å². The molecule has 2 aromatic rings. The minimum atomic E-state index is -0.723. The van der Waals surface area contributed by atoms with E-state index in [1.54, 1.807) is 42.5 Å². The molecule has 1 aliphatic rings. The lowest BCUT2D eigenvalue weighted by atomic mass is 9.94. The van der Waals surface area contributed by atoms with E-state index in [9.17, 15) is 14.7 Å². The minimum absolute atomic E-state index is 0.0661. The zero-order valence-electron chi connectivity index (χ0n) is 20.5. The molecule has 1 aliphatic heterocycles. The average molecular weight is 477 g/mol. The molecular weight excluding hydrogens is 444 g/mol. The molecule has 1 N–H and O–H groups in total. The van der Waals surface area contributed by atoms with Crippen LogP contribution >= 0.6 is 0 Å². The molecule has 7 nitrogen and oxygen atoms in total. The van der Waals surface area contributed by atoms with Crippen molar-refractivity contribution in [1.29, 1.82) is 0 Å². The van der Waals surface area contributed by atoms with Crippen molar-refractivity contribution in [1.82, 2.24) is 9.80 Å². The molecule has 3 rings (SSSR count). The molecule has 1 amide bonds. The molecule has 1 saturated heterocycles. The Hall–Kier alpha value is -3.84. The van der Waals surface area contributed by atoms with Crippen molar-refractivity contribution in [3.63, 3.8) is 0 Å². The Morgan fingerprint density at radius 1 is 1.03 bits per heavy atom. The van der Waals surface area contributed by atoms with Gasteiger partial charge in [-0.2, -0.15) is 0 Å². The summed E-state index contributed by atoms with van der Waals surface area (Å²) in [7, 11) is 3.80. The van der Waals surface area contributed by atoms with Gasteiger partial charge in [-0.15, -0.1) is 0 Å². The molecular formula is C28H32N2O5. The second kappa shape index (κ2) is 11.5. The van der Waals surface area contributed by atoms with Gasteiger partial charge in [0.05, 0.1) is 11.6 Å². The molecule has 184 valence electrons. The molecule has 0 radical (unpaired) electrons. The Labute approximate surface area is 206 Å². The van der Waals surface area contributed by atoms with Crippen LogP contribution in [0.25, 0.3) is 5.76 Å². The number of rotatable bonds is 11. The minimum Gasteiger partial charge on any atom is -0.507 e. The summed E-state index contributed by atoms with van der Waals surface area (Å²) in [4.78, 5) is 29.7. The van der Waals surface area contributed by atoms with Crippen LogP contribution in [-0.4, -0.2) is 67.0 Å². The maximum atomic E-state index is 13.2. The number of likely N-dealkylation sites (N-methyl/N-ethyl adjacent to an activating group) is 1. The van der Waals surface area contributed by atoms with Crippen LogP contribution in [0.4, 0.5) is 0 Å². The number of aliphatic hydroxyl groups excluding tert-OH is 1. The molecule has 0 aromatic heterocycles. The number of nitrogens with zero attached hydrogens (tertiary/aromatic N) is 2. The van der Waals surface area contributed by atoms with Gasteiger partial charge in [0.25, 0.3) is 11.7 Å². The van der Waals surface area contributed by atoms with E-state index in [4.69, 9.17) is 9.47 Å². The Morgan fingerprint density at radius 3 is 2.20 bits per heavy atom. The second-order valence-electron chi connectivity index (χ2n) is 8.54. The lowest BCUT2D eigenvalue weighted by Gasteiger charge is -2.26. The standard InChI is InChI=1S/C28H32N2O5/c1-6-16-34-21-10-8-20(9-11-21)25-24(27(32)28(33)30(25)15-14-29(4)5)26(31)23-13-12-22(18-19(23)3)35-17-7-2/h6-13,18,25,31H,1-2,14-17H2,3-5H3. The van der Waals surface area contributed by atoms with Gasteiger partial charge in [-0.05, 0) is 62.5 Å². The smallest absolute Gasteiger partial charge is 0.295 e. The molecule has 0 spiro atoms. The highest BCUT2D eigenvalue weighted by molar-refractivity contribution is 6.46. The van der Waals surface area contributed by atoms with Crippen LogP contribution in [0.1, 0.15) is 22.7 Å². The molecule has 0 aliphatic carbocycles. The number of ether oxygens (including phenoxy) is 2. The lowest BCUT2D eigenvalue weighted by molar-refractivity contribution is -0.140. The highest BCUT2D eigenvalue weighted by Crippen LogP contribution is 2.40. The number of aryl methyl sites for hydroxylation is 1. The monoisotopic (exact) mass is 476 g/mol. The van der Waals surface area contributed by atoms with Crippen LogP contribution < -0.4 is 9.47 Å². The summed E-state index contributed by atoms with van der Waals surface area (Å²) in [6.45, 7) is 10.7. The number of carbonyl (C=O) groups is 2. The fourth-order valence-corrected chi connectivity index (χ4v) is 3.96. The number of benzene rings is 2. The van der Waals surface area contributed by atoms with E-state index >= 15 is 0 Å². The fraction of sp³-hybridized carbons (Fsp3) is 0.286. The van der Waals surface area contributed by atoms with E-state index in [1.807, 2.05) is 38.1 Å². The third-order valence-electron chi connectivity index (χ3n) is 5.71. The van der Waals surface area contributed by atoms with E-state index in [2.05, 4.69) is 13.2 Å². The number of amides is 1. The van der Waals surface area contributed by atoms with Crippen molar-refractivity contribution in [2.75, 3.05) is 40.4 Å². The maximum Gasteiger partial charge on any atom is 0.295 e. The first-order chi connectivity index (χ1) is 16.8. The van der Waals surface area contributed by atoms with E-state index in [-0.39, 0.29) is 11.3 Å². The molecule has 1 fully saturated rings. The van der Waals surface area contributed by atoms with Crippen molar-refractivity contribution < 1.29 is 24.2 Å². The molecule has 1 heterocycles. The molecule has 0 bridgehead atoms. The van der Waals surface area contributed by atoms with Crippen LogP contribution in [0, 0.1) is 6.92 Å². The number of aliphatic hydroxyl groups is 1. The van der Waals surface area contributed by atoms with E-state index in [0.29, 0.717) is 48.9 Å². The first kappa shape index (κ1) is 25.8. The average Bonchev–Trinajstić information content (AvgIpc) is 3.09. The molecule has 1 unspecified atom stereocenters. The van der Waals surface area contributed by atoms with Gasteiger partial charge in [0.2, 0.25) is 0 Å². The van der Waals surface area contributed by atoms with Gasteiger partial charge in [-0.1, -0.05) is 37.4 Å². The van der Waals surface area contributed by atoms with Gasteiger partial charge < -0.3 is 24.4 Å². The summed E-state index contributed by atoms with van der Waals surface area (Å²) in [5.41, 5.74) is 1.96. The van der Waals surface area contributed by atoms with Crippen LogP contribution in [0.5, 0.6) is 11.5 Å². The van der Waals surface area contributed by atoms with E-state index in [1.165, 1.54) is 4.90 Å². The number of Topliss-reactive ketones (excluding diaryl/α,β-unsaturated/α-hetero) is 1. The van der Waals surface area contributed by atoms with Gasteiger partial charge in [0.15, 0.2) is 0 Å². The van der Waals surface area contributed by atoms with Crippen LogP contribution in [-0.2, 0) is 9.59 Å². The van der Waals surface area contributed by atoms with Crippen molar-refractivity contribution in [2.24, 2.45) is 0 Å². The van der Waals surface area contributed by atoms with E-state index in [0.717, 1.165) is 5.56 Å². The number of hydrogen-bond acceptors (Lipinski definition) is 6. The summed E-state index contributed by atoms with van der Waals surface area (Å²) in [6, 6.07) is 11.6. The normalized spacial score (nSPS) is 17.0. The van der Waals surface area contributed by atoms with E-state index < -0.39 is 17.7 Å². The Bertz CT molecular complexity index is 1130. The SMILES string of the molecule is C=CCOc1ccc(C2C(=C(O)c3ccc(OCC=C)cc3C)C(=O)C(=O)N2CCN(C)C)cc1. The first-order valence-corrected chi connectivity index (χ1v) is 11.4. The van der Waals surface area contributed by atoms with Crippen molar-refractivity contribution >= 4 is 17.4 Å². The summed E-state index contributed by atoms with van der Waals surface area (Å²) in [5.74, 6) is -0.277. The quantitative estimate of drug-likeness (QED) is 0.228. The summed E-state index contributed by atoms with van der Waals surface area (Å²) < 4.78 is 11.1. The highest BCUT2D eigenvalue weighted by Gasteiger charge is 2.46. The third-order valence-corrected chi connectivity index (χ3v) is 5.71. The zero-order chi connectivity index (χ0) is 25.5. The Kier molecular flexibility index (Phi) is 8.49. The number of hydrogen-bond donors (Lipinski definition) is 1. The predicted molar refractivity (Wildman–Crippen MR) is 137 cm³/mol. The Balaban J connectivity index is 2.08. The highest BCUT2D eigenvalue weighted by atomic mass is 16.5. The van der Waals surface area contributed by atoms with Crippen molar-refractivity contribution in [2.45, 2.75) is 13.0 Å². The van der Waals surface area contributed by atoms with Gasteiger partial charge in [0, 0.05) is 18.7 Å². The molecule has 7 heteroatoms. The molecule has 0 saturated carbocycles. The predicted octanol–water partition coefficient (Wildman–Crippen LogP) is 4.11. The summed E-state index contributed by atoms with van der Waals surface area (Å²) in [6.07, 6.45) is 3.30. The largest absolute Gasteiger partial charge is 0.507 e. The summed E-state index contributed by atoms with van der Waals surface area (Å²) in [5, 5.41) is 11.3. The molecule has 2 aromatic carbocycles. The van der Waals surface area contributed by atoms with Crippen LogP contribution in [0.15, 0.2) is 73.3 Å². The van der Waals surface area contributed by atoms with Gasteiger partial charge in [-0.25, -0.2) is 0 Å². The van der Waals surface area contributed by atoms with Gasteiger partial charge >= 0.3 is 0 Å². The number of likely N-dealkylation sites (tertiary alicyclic amines) is 1. The number of carbonyl (C=O) groups excluding carboxylic acids is 2. The zero-order valence-corrected chi connectivity index (χ0v) is 20.5. The maximum absolute atomic E-state index is 13.2. The van der Waals surface area contributed by atoms with Crippen LogP contribution in [0.3, 0.4) is 0 Å².